The summed E-state index contributed by atoms with van der Waals surface area (Å²) in [6, 6.07) is 1.25. The molecule has 2 heteroatoms. The van der Waals surface area contributed by atoms with Crippen molar-refractivity contribution >= 4 is 8.32 Å². The minimum Gasteiger partial charge on any atom is -0.404 e. The highest BCUT2D eigenvalue weighted by Crippen LogP contribution is 2.21. The standard InChI is InChI=1S/C20H38OSi/c1-8-9-10-11-12-13-16-22(6,7)21-20(17-19(4)5)15-14-18(2)3/h19-20H,2,8-13,16-17H2,1,3-7H3. The molecule has 0 aromatic carbocycles. The quantitative estimate of drug-likeness (QED) is 0.238. The zero-order chi connectivity index (χ0) is 17.0. The minimum atomic E-state index is -1.61. The van der Waals surface area contributed by atoms with E-state index in [-0.39, 0.29) is 6.10 Å². The molecule has 0 radical (unpaired) electrons. The summed E-state index contributed by atoms with van der Waals surface area (Å²) < 4.78 is 6.45. The van der Waals surface area contributed by atoms with Gasteiger partial charge in [0.05, 0.1) is 0 Å². The highest BCUT2D eigenvalue weighted by Gasteiger charge is 2.25. The molecule has 0 heterocycles. The van der Waals surface area contributed by atoms with E-state index in [1.54, 1.807) is 0 Å². The molecular weight excluding hydrogens is 284 g/mol. The van der Waals surface area contributed by atoms with Gasteiger partial charge in [0.25, 0.3) is 0 Å². The first-order chi connectivity index (χ1) is 10.3. The summed E-state index contributed by atoms with van der Waals surface area (Å²) in [7, 11) is -1.61. The maximum absolute atomic E-state index is 6.45. The molecular formula is C20H38OSi. The van der Waals surface area contributed by atoms with Gasteiger partial charge in [-0.1, -0.05) is 77.7 Å². The zero-order valence-corrected chi connectivity index (χ0v) is 16.9. The van der Waals surface area contributed by atoms with E-state index in [2.05, 4.69) is 52.3 Å². The first-order valence-electron chi connectivity index (χ1n) is 9.11. The predicted molar refractivity (Wildman–Crippen MR) is 103 cm³/mol. The average Bonchev–Trinajstić information content (AvgIpc) is 2.39. The van der Waals surface area contributed by atoms with Crippen LogP contribution in [0.2, 0.25) is 19.1 Å². The normalized spacial score (nSPS) is 12.9. The van der Waals surface area contributed by atoms with Crippen molar-refractivity contribution in [2.24, 2.45) is 5.92 Å². The lowest BCUT2D eigenvalue weighted by Gasteiger charge is -2.27. The molecule has 0 aromatic heterocycles. The molecule has 0 fully saturated rings. The molecule has 0 saturated carbocycles. The van der Waals surface area contributed by atoms with Crippen molar-refractivity contribution in [3.8, 4) is 11.8 Å². The van der Waals surface area contributed by atoms with Gasteiger partial charge in [0.2, 0.25) is 0 Å². The van der Waals surface area contributed by atoms with E-state index in [1.165, 1.54) is 44.6 Å². The first-order valence-corrected chi connectivity index (χ1v) is 12.2. The van der Waals surface area contributed by atoms with Gasteiger partial charge in [-0.15, -0.1) is 0 Å². The van der Waals surface area contributed by atoms with Crippen LogP contribution in [-0.2, 0) is 4.43 Å². The molecule has 0 aromatic rings. The van der Waals surface area contributed by atoms with Gasteiger partial charge in [0.1, 0.15) is 6.10 Å². The third kappa shape index (κ3) is 13.2. The third-order valence-corrected chi connectivity index (χ3v) is 6.21. The SMILES string of the molecule is C=C(C)C#CC(CC(C)C)O[Si](C)(C)CCCCCCCC. The lowest BCUT2D eigenvalue weighted by atomic mass is 10.1. The third-order valence-electron chi connectivity index (χ3n) is 3.73. The first kappa shape index (κ1) is 21.5. The molecule has 0 saturated heterocycles. The monoisotopic (exact) mass is 322 g/mol. The summed E-state index contributed by atoms with van der Waals surface area (Å²) in [4.78, 5) is 0. The van der Waals surface area contributed by atoms with Gasteiger partial charge < -0.3 is 4.43 Å². The molecule has 1 atom stereocenters. The summed E-state index contributed by atoms with van der Waals surface area (Å²) in [5.41, 5.74) is 0.924. The second-order valence-electron chi connectivity index (χ2n) is 7.56. The molecule has 0 spiro atoms. The summed E-state index contributed by atoms with van der Waals surface area (Å²) in [5.74, 6) is 7.02. The van der Waals surface area contributed by atoms with Crippen LogP contribution in [0.25, 0.3) is 0 Å². The van der Waals surface area contributed by atoms with Crippen molar-refractivity contribution in [3.63, 3.8) is 0 Å². The molecule has 0 aliphatic carbocycles. The fourth-order valence-corrected chi connectivity index (χ4v) is 4.69. The Morgan fingerprint density at radius 1 is 1.09 bits per heavy atom. The highest BCUT2D eigenvalue weighted by atomic mass is 28.4. The smallest absolute Gasteiger partial charge is 0.188 e. The van der Waals surface area contributed by atoms with Crippen LogP contribution in [0.5, 0.6) is 0 Å². The van der Waals surface area contributed by atoms with Crippen LogP contribution >= 0.6 is 0 Å². The van der Waals surface area contributed by atoms with E-state index in [1.807, 2.05) is 6.92 Å². The summed E-state index contributed by atoms with van der Waals surface area (Å²) in [6.07, 6.45) is 9.23. The molecule has 0 aliphatic heterocycles. The number of rotatable bonds is 11. The van der Waals surface area contributed by atoms with Crippen LogP contribution in [0, 0.1) is 17.8 Å². The zero-order valence-electron chi connectivity index (χ0n) is 15.9. The molecule has 128 valence electrons. The minimum absolute atomic E-state index is 0.0819. The number of hydrogen-bond donors (Lipinski definition) is 0. The largest absolute Gasteiger partial charge is 0.404 e. The van der Waals surface area contributed by atoms with Gasteiger partial charge in [0, 0.05) is 0 Å². The molecule has 0 aliphatic rings. The van der Waals surface area contributed by atoms with Gasteiger partial charge in [0.15, 0.2) is 8.32 Å². The van der Waals surface area contributed by atoms with Crippen molar-refractivity contribution < 1.29 is 4.43 Å². The Hall–Kier alpha value is -0.523. The van der Waals surface area contributed by atoms with Crippen LogP contribution < -0.4 is 0 Å². The summed E-state index contributed by atoms with van der Waals surface area (Å²) in [5, 5.41) is 0. The molecule has 0 amide bonds. The Labute approximate surface area is 141 Å². The molecule has 1 unspecified atom stereocenters. The van der Waals surface area contributed by atoms with Crippen LogP contribution in [0.3, 0.4) is 0 Å². The van der Waals surface area contributed by atoms with E-state index in [4.69, 9.17) is 4.43 Å². The number of allylic oxidation sites excluding steroid dienone is 1. The van der Waals surface area contributed by atoms with E-state index < -0.39 is 8.32 Å². The van der Waals surface area contributed by atoms with E-state index >= 15 is 0 Å². The predicted octanol–water partition coefficient (Wildman–Crippen LogP) is 6.56. The Morgan fingerprint density at radius 2 is 1.68 bits per heavy atom. The Morgan fingerprint density at radius 3 is 2.23 bits per heavy atom. The Bertz CT molecular complexity index is 360. The van der Waals surface area contributed by atoms with Gasteiger partial charge in [-0.25, -0.2) is 0 Å². The average molecular weight is 323 g/mol. The molecule has 22 heavy (non-hydrogen) atoms. The lowest BCUT2D eigenvalue weighted by Crippen LogP contribution is -2.35. The summed E-state index contributed by atoms with van der Waals surface area (Å²) >= 11 is 0. The van der Waals surface area contributed by atoms with Crippen LogP contribution in [0.4, 0.5) is 0 Å². The van der Waals surface area contributed by atoms with Crippen molar-refractivity contribution in [2.45, 2.75) is 97.9 Å². The van der Waals surface area contributed by atoms with E-state index in [9.17, 15) is 0 Å². The van der Waals surface area contributed by atoms with Crippen LogP contribution in [0.15, 0.2) is 12.2 Å². The van der Waals surface area contributed by atoms with Crippen molar-refractivity contribution in [2.75, 3.05) is 0 Å². The van der Waals surface area contributed by atoms with Gasteiger partial charge in [-0.3, -0.25) is 0 Å². The maximum Gasteiger partial charge on any atom is 0.188 e. The molecule has 0 N–H and O–H groups in total. The molecule has 0 rings (SSSR count). The van der Waals surface area contributed by atoms with Crippen LogP contribution in [0.1, 0.15) is 72.6 Å². The fourth-order valence-electron chi connectivity index (χ4n) is 2.54. The fraction of sp³-hybridized carbons (Fsp3) is 0.800. The van der Waals surface area contributed by atoms with Gasteiger partial charge >= 0.3 is 0 Å². The number of hydrogen-bond acceptors (Lipinski definition) is 1. The topological polar surface area (TPSA) is 9.23 Å². The van der Waals surface area contributed by atoms with Gasteiger partial charge in [-0.2, -0.15) is 0 Å². The number of unbranched alkanes of at least 4 members (excludes halogenated alkanes) is 5. The van der Waals surface area contributed by atoms with E-state index in [0.717, 1.165) is 12.0 Å². The second kappa shape index (κ2) is 12.0. The Kier molecular flexibility index (Phi) is 11.7. The Balaban J connectivity index is 4.30. The molecule has 1 nitrogen and oxygen atoms in total. The van der Waals surface area contributed by atoms with E-state index in [0.29, 0.717) is 5.92 Å². The lowest BCUT2D eigenvalue weighted by molar-refractivity contribution is 0.218. The summed E-state index contributed by atoms with van der Waals surface area (Å²) in [6.45, 7) is 17.3. The van der Waals surface area contributed by atoms with Crippen molar-refractivity contribution in [1.29, 1.82) is 0 Å². The van der Waals surface area contributed by atoms with Crippen molar-refractivity contribution in [3.05, 3.63) is 12.2 Å². The maximum atomic E-state index is 6.45. The van der Waals surface area contributed by atoms with Crippen molar-refractivity contribution in [1.82, 2.24) is 0 Å². The molecule has 0 bridgehead atoms. The highest BCUT2D eigenvalue weighted by molar-refractivity contribution is 6.71. The van der Waals surface area contributed by atoms with Gasteiger partial charge in [-0.05, 0) is 44.0 Å². The second-order valence-corrected chi connectivity index (χ2v) is 11.8. The van der Waals surface area contributed by atoms with Crippen LogP contribution in [-0.4, -0.2) is 14.4 Å².